The predicted octanol–water partition coefficient (Wildman–Crippen LogP) is 3.02. The Morgan fingerprint density at radius 3 is 2.67 bits per heavy atom. The Bertz CT molecular complexity index is 327. The van der Waals surface area contributed by atoms with Crippen molar-refractivity contribution >= 4 is 17.3 Å². The standard InChI is InChI=1S/C12H17ClN2/c13-9-5-1-3-7-11(9)15-12-8-4-2-6-10(12)14/h1,3,5,7,10,12,15H,2,4,6,8,14H2/t10-,12-/m1/s1. The third-order valence-corrected chi connectivity index (χ3v) is 3.36. The number of hydrogen-bond donors (Lipinski definition) is 2. The summed E-state index contributed by atoms with van der Waals surface area (Å²) >= 11 is 6.09. The number of halogens is 1. The van der Waals surface area contributed by atoms with Crippen LogP contribution in [0.25, 0.3) is 0 Å². The molecule has 15 heavy (non-hydrogen) atoms. The summed E-state index contributed by atoms with van der Waals surface area (Å²) in [5, 5.41) is 4.22. The fourth-order valence-corrected chi connectivity index (χ4v) is 2.31. The van der Waals surface area contributed by atoms with E-state index in [-0.39, 0.29) is 6.04 Å². The minimum Gasteiger partial charge on any atom is -0.380 e. The monoisotopic (exact) mass is 224 g/mol. The van der Waals surface area contributed by atoms with Gasteiger partial charge in [-0.15, -0.1) is 0 Å². The van der Waals surface area contributed by atoms with Gasteiger partial charge in [-0.3, -0.25) is 0 Å². The zero-order valence-corrected chi connectivity index (χ0v) is 9.50. The van der Waals surface area contributed by atoms with Crippen molar-refractivity contribution in [1.82, 2.24) is 0 Å². The number of nitrogens with two attached hydrogens (primary N) is 1. The van der Waals surface area contributed by atoms with E-state index in [0.29, 0.717) is 6.04 Å². The molecule has 1 fully saturated rings. The van der Waals surface area contributed by atoms with Gasteiger partial charge in [-0.1, -0.05) is 36.6 Å². The summed E-state index contributed by atoms with van der Waals surface area (Å²) in [5.74, 6) is 0. The average molecular weight is 225 g/mol. The maximum absolute atomic E-state index is 6.09. The molecular formula is C12H17ClN2. The Hall–Kier alpha value is -0.730. The van der Waals surface area contributed by atoms with Gasteiger partial charge >= 0.3 is 0 Å². The minimum atomic E-state index is 0.259. The smallest absolute Gasteiger partial charge is 0.0637 e. The second-order valence-electron chi connectivity index (χ2n) is 4.18. The van der Waals surface area contributed by atoms with E-state index in [4.69, 9.17) is 17.3 Å². The molecule has 3 heteroatoms. The topological polar surface area (TPSA) is 38.0 Å². The number of hydrogen-bond acceptors (Lipinski definition) is 2. The summed E-state index contributed by atoms with van der Waals surface area (Å²) in [6.45, 7) is 0. The highest BCUT2D eigenvalue weighted by molar-refractivity contribution is 6.33. The Labute approximate surface area is 95.8 Å². The molecule has 0 aliphatic heterocycles. The van der Waals surface area contributed by atoms with Crippen molar-refractivity contribution in [2.45, 2.75) is 37.8 Å². The molecule has 0 heterocycles. The highest BCUT2D eigenvalue weighted by Crippen LogP contribution is 2.25. The van der Waals surface area contributed by atoms with E-state index in [1.165, 1.54) is 12.8 Å². The normalized spacial score (nSPS) is 26.3. The van der Waals surface area contributed by atoms with Gasteiger partial charge in [0.2, 0.25) is 0 Å². The second-order valence-corrected chi connectivity index (χ2v) is 4.59. The lowest BCUT2D eigenvalue weighted by Crippen LogP contribution is -2.42. The van der Waals surface area contributed by atoms with Crippen LogP contribution >= 0.6 is 11.6 Å². The third-order valence-electron chi connectivity index (χ3n) is 3.03. The van der Waals surface area contributed by atoms with E-state index in [0.717, 1.165) is 23.6 Å². The van der Waals surface area contributed by atoms with Gasteiger partial charge in [-0.25, -0.2) is 0 Å². The summed E-state index contributed by atoms with van der Waals surface area (Å²) in [6, 6.07) is 8.47. The van der Waals surface area contributed by atoms with Crippen LogP contribution in [0, 0.1) is 0 Å². The van der Waals surface area contributed by atoms with Crippen LogP contribution in [0.5, 0.6) is 0 Å². The number of nitrogens with one attached hydrogen (secondary N) is 1. The van der Waals surface area contributed by atoms with Gasteiger partial charge < -0.3 is 11.1 Å². The molecule has 2 atom stereocenters. The number of rotatable bonds is 2. The van der Waals surface area contributed by atoms with Gasteiger partial charge in [-0.05, 0) is 25.0 Å². The van der Waals surface area contributed by atoms with Crippen LogP contribution in [0.2, 0.25) is 5.02 Å². The summed E-state index contributed by atoms with van der Waals surface area (Å²) in [7, 11) is 0. The largest absolute Gasteiger partial charge is 0.380 e. The SMILES string of the molecule is N[C@@H]1CCCC[C@H]1Nc1ccccc1Cl. The van der Waals surface area contributed by atoms with Crippen LogP contribution < -0.4 is 11.1 Å². The first-order valence-corrected chi connectivity index (χ1v) is 5.92. The van der Waals surface area contributed by atoms with E-state index in [2.05, 4.69) is 5.32 Å². The summed E-state index contributed by atoms with van der Waals surface area (Å²) in [4.78, 5) is 0. The lowest BCUT2D eigenvalue weighted by atomic mass is 9.91. The van der Waals surface area contributed by atoms with Crippen molar-refractivity contribution in [3.8, 4) is 0 Å². The van der Waals surface area contributed by atoms with Crippen molar-refractivity contribution in [2.75, 3.05) is 5.32 Å². The Morgan fingerprint density at radius 1 is 1.20 bits per heavy atom. The molecule has 82 valence electrons. The lowest BCUT2D eigenvalue weighted by Gasteiger charge is -2.30. The highest BCUT2D eigenvalue weighted by atomic mass is 35.5. The molecule has 2 nitrogen and oxygen atoms in total. The quantitative estimate of drug-likeness (QED) is 0.811. The highest BCUT2D eigenvalue weighted by Gasteiger charge is 2.21. The fourth-order valence-electron chi connectivity index (χ4n) is 2.12. The molecule has 1 saturated carbocycles. The Morgan fingerprint density at radius 2 is 1.93 bits per heavy atom. The van der Waals surface area contributed by atoms with Gasteiger partial charge in [0.15, 0.2) is 0 Å². The zero-order valence-electron chi connectivity index (χ0n) is 8.75. The molecule has 0 aromatic heterocycles. The first kappa shape index (κ1) is 10.8. The molecule has 1 aromatic carbocycles. The first-order chi connectivity index (χ1) is 7.27. The number of benzene rings is 1. The first-order valence-electron chi connectivity index (χ1n) is 5.54. The van der Waals surface area contributed by atoms with E-state index in [1.807, 2.05) is 24.3 Å². The third kappa shape index (κ3) is 2.64. The number of para-hydroxylation sites is 1. The molecule has 0 unspecified atom stereocenters. The molecule has 1 aliphatic rings. The van der Waals surface area contributed by atoms with Crippen LogP contribution in [0.1, 0.15) is 25.7 Å². The predicted molar refractivity (Wildman–Crippen MR) is 65.3 cm³/mol. The molecule has 3 N–H and O–H groups in total. The maximum Gasteiger partial charge on any atom is 0.0637 e. The fraction of sp³-hybridized carbons (Fsp3) is 0.500. The molecule has 2 rings (SSSR count). The summed E-state index contributed by atoms with van der Waals surface area (Å²) < 4.78 is 0. The molecule has 0 amide bonds. The lowest BCUT2D eigenvalue weighted by molar-refractivity contribution is 0.404. The van der Waals surface area contributed by atoms with Crippen molar-refractivity contribution in [3.05, 3.63) is 29.3 Å². The van der Waals surface area contributed by atoms with Gasteiger partial charge in [0.25, 0.3) is 0 Å². The average Bonchev–Trinajstić information content (AvgIpc) is 2.24. The van der Waals surface area contributed by atoms with Crippen LogP contribution in [-0.2, 0) is 0 Å². The van der Waals surface area contributed by atoms with E-state index < -0.39 is 0 Å². The van der Waals surface area contributed by atoms with Crippen molar-refractivity contribution in [2.24, 2.45) is 5.73 Å². The molecule has 0 saturated heterocycles. The van der Waals surface area contributed by atoms with Gasteiger partial charge in [0.05, 0.1) is 10.7 Å². The molecule has 0 spiro atoms. The van der Waals surface area contributed by atoms with Gasteiger partial charge in [0, 0.05) is 12.1 Å². The van der Waals surface area contributed by atoms with E-state index >= 15 is 0 Å². The van der Waals surface area contributed by atoms with Crippen LogP contribution in [0.4, 0.5) is 5.69 Å². The molecular weight excluding hydrogens is 208 g/mol. The van der Waals surface area contributed by atoms with Gasteiger partial charge in [-0.2, -0.15) is 0 Å². The van der Waals surface area contributed by atoms with Crippen molar-refractivity contribution in [1.29, 1.82) is 0 Å². The van der Waals surface area contributed by atoms with Crippen LogP contribution in [0.15, 0.2) is 24.3 Å². The second kappa shape index (κ2) is 4.86. The maximum atomic E-state index is 6.09. The molecule has 1 aromatic rings. The van der Waals surface area contributed by atoms with E-state index in [9.17, 15) is 0 Å². The molecule has 0 bridgehead atoms. The molecule has 0 radical (unpaired) electrons. The van der Waals surface area contributed by atoms with Crippen molar-refractivity contribution < 1.29 is 0 Å². The Balaban J connectivity index is 2.04. The Kier molecular flexibility index (Phi) is 3.49. The van der Waals surface area contributed by atoms with Gasteiger partial charge in [0.1, 0.15) is 0 Å². The zero-order chi connectivity index (χ0) is 10.7. The van der Waals surface area contributed by atoms with E-state index in [1.54, 1.807) is 0 Å². The van der Waals surface area contributed by atoms with Crippen LogP contribution in [-0.4, -0.2) is 12.1 Å². The summed E-state index contributed by atoms with van der Waals surface area (Å²) in [5.41, 5.74) is 7.07. The van der Waals surface area contributed by atoms with Crippen LogP contribution in [0.3, 0.4) is 0 Å². The van der Waals surface area contributed by atoms with Crippen molar-refractivity contribution in [3.63, 3.8) is 0 Å². The number of anilines is 1. The summed E-state index contributed by atoms with van der Waals surface area (Å²) in [6.07, 6.45) is 4.77. The minimum absolute atomic E-state index is 0.259. The molecule has 1 aliphatic carbocycles.